The molecule has 0 amide bonds. The van der Waals surface area contributed by atoms with E-state index in [9.17, 15) is 0 Å². The lowest BCUT2D eigenvalue weighted by Gasteiger charge is -2.37. The Morgan fingerprint density at radius 1 is 0.132 bits per heavy atom. The Hall–Kier alpha value is -16.0. The lowest BCUT2D eigenvalue weighted by Crippen LogP contribution is -2.31. The average molecular weight is 1660 g/mol. The molecule has 0 N–H and O–H groups in total. The van der Waals surface area contributed by atoms with Crippen LogP contribution in [0.4, 0.5) is 26.3 Å². The van der Waals surface area contributed by atoms with Crippen LogP contribution in [0.2, 0.25) is 0 Å². The minimum absolute atomic E-state index is 0.312. The highest BCUT2D eigenvalue weighted by Crippen LogP contribution is 2.78. The molecule has 3 spiro atoms. The number of halogens is 6. The van der Waals surface area contributed by atoms with Gasteiger partial charge in [0, 0.05) is 51.6 Å². The summed E-state index contributed by atoms with van der Waals surface area (Å²) < 4.78 is 96.4. The number of hydrogen-bond acceptors (Lipinski definition) is 0. The van der Waals surface area contributed by atoms with Gasteiger partial charge >= 0.3 is 0 Å². The second kappa shape index (κ2) is 26.1. The first-order chi connectivity index (χ1) is 63.5. The minimum Gasteiger partial charge on any atom is -0.207 e. The first kappa shape index (κ1) is 72.3. The second-order valence-electron chi connectivity index (χ2n) is 35.5. The predicted molar refractivity (Wildman–Crippen MR) is 513 cm³/mol. The lowest BCUT2D eigenvalue weighted by molar-refractivity contribution is 0.585. The van der Waals surface area contributed by atoms with E-state index in [2.05, 4.69) is 309 Å². The van der Waals surface area contributed by atoms with E-state index in [1.807, 2.05) is 36.4 Å². The second-order valence-corrected chi connectivity index (χ2v) is 35.5. The summed E-state index contributed by atoms with van der Waals surface area (Å²) in [5.41, 5.74) is 32.6. The number of rotatable bonds is 6. The van der Waals surface area contributed by atoms with Crippen molar-refractivity contribution in [3.05, 3.63) is 502 Å². The van der Waals surface area contributed by atoms with Gasteiger partial charge in [0.2, 0.25) is 0 Å². The maximum Gasteiger partial charge on any atom is 0.133 e. The first-order valence-electron chi connectivity index (χ1n) is 44.0. The fourth-order valence-corrected chi connectivity index (χ4v) is 25.4. The zero-order valence-corrected chi connectivity index (χ0v) is 68.9. The molecule has 0 saturated carbocycles. The van der Waals surface area contributed by atoms with Gasteiger partial charge in [0.25, 0.3) is 0 Å². The highest BCUT2D eigenvalue weighted by atomic mass is 19.2. The molecule has 0 atom stereocenters. The molecule has 600 valence electrons. The summed E-state index contributed by atoms with van der Waals surface area (Å²) in [6.07, 6.45) is 0. The van der Waals surface area contributed by atoms with Gasteiger partial charge in [-0.1, -0.05) is 328 Å². The van der Waals surface area contributed by atoms with E-state index in [-0.39, 0.29) is 0 Å². The summed E-state index contributed by atoms with van der Waals surface area (Å²) in [5, 5.41) is 10.5. The largest absolute Gasteiger partial charge is 0.207 e. The van der Waals surface area contributed by atoms with Gasteiger partial charge in [0.05, 0.1) is 16.2 Å². The lowest BCUT2D eigenvalue weighted by atomic mass is 9.63. The Morgan fingerprint density at radius 2 is 0.310 bits per heavy atom. The molecule has 0 heterocycles. The summed E-state index contributed by atoms with van der Waals surface area (Å²) >= 11 is 0. The monoisotopic (exact) mass is 1660 g/mol. The highest BCUT2D eigenvalue weighted by molar-refractivity contribution is 6.26. The molecule has 0 bridgehead atoms. The van der Waals surface area contributed by atoms with Crippen molar-refractivity contribution in [1.82, 2.24) is 0 Å². The zero-order chi connectivity index (χ0) is 85.3. The van der Waals surface area contributed by atoms with E-state index in [1.54, 1.807) is 18.2 Å². The van der Waals surface area contributed by atoms with Crippen LogP contribution in [0.3, 0.4) is 0 Å². The van der Waals surface area contributed by atoms with Crippen molar-refractivity contribution in [1.29, 1.82) is 0 Å². The molecular formula is C123H66F6. The molecule has 0 unspecified atom stereocenters. The fraction of sp³-hybridized carbons (Fsp3) is 0.0244. The predicted octanol–water partition coefficient (Wildman–Crippen LogP) is 32.5. The molecule has 0 fully saturated rings. The molecule has 6 aliphatic rings. The Labute approximate surface area is 737 Å². The minimum atomic E-state index is -1.12. The third-order valence-corrected chi connectivity index (χ3v) is 29.8. The summed E-state index contributed by atoms with van der Waals surface area (Å²) in [6.45, 7) is 0. The maximum atomic E-state index is 16.9. The molecule has 6 heteroatoms. The van der Waals surface area contributed by atoms with Gasteiger partial charge in [0.15, 0.2) is 0 Å². The van der Waals surface area contributed by atoms with Gasteiger partial charge in [-0.3, -0.25) is 0 Å². The van der Waals surface area contributed by atoms with Crippen molar-refractivity contribution in [3.8, 4) is 134 Å². The van der Waals surface area contributed by atoms with Crippen molar-refractivity contribution < 1.29 is 26.3 Å². The average Bonchev–Trinajstić information content (AvgIpc) is 1.45. The van der Waals surface area contributed by atoms with Gasteiger partial charge in [-0.15, -0.1) is 0 Å². The van der Waals surface area contributed by atoms with Crippen LogP contribution in [0.5, 0.6) is 0 Å². The summed E-state index contributed by atoms with van der Waals surface area (Å²) in [6, 6.07) is 138. The molecule has 129 heavy (non-hydrogen) atoms. The summed E-state index contributed by atoms with van der Waals surface area (Å²) in [7, 11) is 0. The zero-order valence-electron chi connectivity index (χ0n) is 68.9. The Balaban J connectivity index is 0.838. The Morgan fingerprint density at radius 3 is 0.512 bits per heavy atom. The number of benzene rings is 22. The first-order valence-corrected chi connectivity index (χ1v) is 44.0. The van der Waals surface area contributed by atoms with Gasteiger partial charge < -0.3 is 0 Å². The molecule has 0 aromatic heterocycles. The summed E-state index contributed by atoms with van der Waals surface area (Å²) in [5.74, 6) is -3.87. The molecule has 0 nitrogen and oxygen atoms in total. The Kier molecular flexibility index (Phi) is 14.6. The van der Waals surface area contributed by atoms with Crippen LogP contribution < -0.4 is 0 Å². The van der Waals surface area contributed by atoms with Gasteiger partial charge in [0.1, 0.15) is 34.9 Å². The van der Waals surface area contributed by atoms with Crippen molar-refractivity contribution in [3.63, 3.8) is 0 Å². The normalized spacial score (nSPS) is 14.0. The van der Waals surface area contributed by atoms with Crippen LogP contribution in [-0.2, 0) is 16.2 Å². The molecule has 0 saturated heterocycles. The SMILES string of the molecule is Fc1ccc(-c2c3ccccc3c(-c3ccc4c(c3)C3(c5ccccc5-c5ccccc53)c3c-4c4c(c5c3-c3ccc(-c6c7ccccc7c(-c7ccc(F)cc7F)c7ccccc67)cc3C53c5ccccc5-c5ccccc53)-c3ccc(-c5c6ccccc6c(-c6ccc(F)cc6F)c6ccccc56)cc3C43c4ccccc4-c4ccccc43)c3ccccc23)c(F)c1. The highest BCUT2D eigenvalue weighted by Gasteiger charge is 2.65. The van der Waals surface area contributed by atoms with Crippen LogP contribution in [0, 0.1) is 34.9 Å². The van der Waals surface area contributed by atoms with Crippen LogP contribution in [-0.4, -0.2) is 0 Å². The fourth-order valence-electron chi connectivity index (χ4n) is 25.4. The van der Waals surface area contributed by atoms with Crippen molar-refractivity contribution >= 4 is 64.6 Å². The topological polar surface area (TPSA) is 0 Å². The van der Waals surface area contributed by atoms with Crippen LogP contribution in [0.1, 0.15) is 66.8 Å². The van der Waals surface area contributed by atoms with Gasteiger partial charge in [-0.05, 0) is 286 Å². The van der Waals surface area contributed by atoms with E-state index < -0.39 is 51.1 Å². The van der Waals surface area contributed by atoms with Gasteiger partial charge in [-0.2, -0.15) is 0 Å². The number of hydrogen-bond donors (Lipinski definition) is 0. The molecular weight excluding hydrogens is 1590 g/mol. The smallest absolute Gasteiger partial charge is 0.133 e. The standard InChI is InChI=1S/C123H66F6/c124-70-52-58-94(106(127)64-70)112-85-37-7-1-31-79(85)109(80-32-2-8-38-86(80)112)67-49-55-91-103(61-67)121(97-43-19-13-25-73(97)74-26-14-20-44-98(74)121)118-115(91)119-117(93-57-51-69(63-105(93)122(119)99-45-21-15-27-75(99)76-28-16-22-46-100(76)122)111-83-35-5-11-41-89(83)114(90-42-12-6-36-84(90)111)96-60-54-72(126)66-108(96)129)120-116(118)92-56-50-68(62-104(92)123(120)101-47-23-17-29-77(101)78-30-18-24-48-102(78)123)110-81-33-3-9-39-87(81)113(88-40-10-4-34-82(88)110)95-59-53-71(125)65-107(95)128/h1-66H. The van der Waals surface area contributed by atoms with Crippen LogP contribution in [0.25, 0.3) is 198 Å². The van der Waals surface area contributed by atoms with E-state index in [1.165, 1.54) is 34.9 Å². The van der Waals surface area contributed by atoms with Crippen LogP contribution in [0.15, 0.2) is 400 Å². The Bertz CT molecular complexity index is 7780. The van der Waals surface area contributed by atoms with E-state index in [0.717, 1.165) is 233 Å². The van der Waals surface area contributed by atoms with Crippen molar-refractivity contribution in [2.24, 2.45) is 0 Å². The quantitative estimate of drug-likeness (QED) is 0.115. The van der Waals surface area contributed by atoms with Crippen molar-refractivity contribution in [2.45, 2.75) is 16.2 Å². The van der Waals surface area contributed by atoms with E-state index in [0.29, 0.717) is 33.4 Å². The van der Waals surface area contributed by atoms with Crippen LogP contribution >= 0.6 is 0 Å². The molecule has 0 aliphatic heterocycles. The molecule has 0 radical (unpaired) electrons. The molecule has 22 aromatic rings. The summed E-state index contributed by atoms with van der Waals surface area (Å²) in [4.78, 5) is 0. The molecule has 28 rings (SSSR count). The number of fused-ring (bicyclic) bond motifs is 39. The third-order valence-electron chi connectivity index (χ3n) is 29.8. The maximum absolute atomic E-state index is 16.9. The van der Waals surface area contributed by atoms with Gasteiger partial charge in [-0.25, -0.2) is 26.3 Å². The molecule has 6 aliphatic carbocycles. The molecule has 22 aromatic carbocycles. The third kappa shape index (κ3) is 9.09. The van der Waals surface area contributed by atoms with Crippen molar-refractivity contribution in [2.75, 3.05) is 0 Å². The van der Waals surface area contributed by atoms with E-state index >= 15 is 26.3 Å². The van der Waals surface area contributed by atoms with E-state index in [4.69, 9.17) is 0 Å².